The number of benzene rings is 1. The molecular weight excluding hydrogens is 196 g/mol. The molecule has 0 saturated heterocycles. The van der Waals surface area contributed by atoms with Crippen LogP contribution in [0.25, 0.3) is 0 Å². The first-order valence-electron chi connectivity index (χ1n) is 4.67. The van der Waals surface area contributed by atoms with Crippen molar-refractivity contribution < 1.29 is 15.2 Å². The number of hydrogen-bond acceptors (Lipinski definition) is 3. The Labute approximate surface area is 88.1 Å². The van der Waals surface area contributed by atoms with Gasteiger partial charge in [-0.15, -0.1) is 0 Å². The molecule has 0 radical (unpaired) electrons. The minimum absolute atomic E-state index is 0.152. The van der Waals surface area contributed by atoms with E-state index in [-0.39, 0.29) is 12.5 Å². The Balaban J connectivity index is 2.85. The Kier molecular flexibility index (Phi) is 3.41. The van der Waals surface area contributed by atoms with E-state index in [9.17, 15) is 15.2 Å². The van der Waals surface area contributed by atoms with Gasteiger partial charge in [-0.3, -0.25) is 4.79 Å². The summed E-state index contributed by atoms with van der Waals surface area (Å²) in [6.45, 7) is 3.22. The summed E-state index contributed by atoms with van der Waals surface area (Å²) in [7, 11) is 0. The molecule has 0 aliphatic heterocycles. The van der Waals surface area contributed by atoms with Gasteiger partial charge in [-0.2, -0.15) is 10.4 Å². The molecule has 0 bridgehead atoms. The molecule has 3 N–H and O–H groups in total. The first-order valence-corrected chi connectivity index (χ1v) is 4.67. The van der Waals surface area contributed by atoms with Crippen molar-refractivity contribution in [2.75, 3.05) is 11.9 Å². The molecule has 1 amide bonds. The van der Waals surface area contributed by atoms with Crippen molar-refractivity contribution in [3.63, 3.8) is 0 Å². The fourth-order valence-corrected chi connectivity index (χ4v) is 1.17. The third-order valence-corrected chi connectivity index (χ3v) is 2.04. The molecule has 0 heterocycles. The van der Waals surface area contributed by atoms with Crippen molar-refractivity contribution in [3.8, 4) is 0 Å². The molecule has 5 nitrogen and oxygen atoms in total. The lowest BCUT2D eigenvalue weighted by Gasteiger charge is -2.18. The smallest absolute Gasteiger partial charge is 0.221 e. The lowest BCUT2D eigenvalue weighted by Crippen LogP contribution is -2.41. The predicted octanol–water partition coefficient (Wildman–Crippen LogP) is 1.75. The number of nitrogens with zero attached hydrogens (tertiary/aromatic N) is 1. The fourth-order valence-electron chi connectivity index (χ4n) is 1.17. The number of amides is 1. The maximum atomic E-state index is 10.7. The molecule has 0 unspecified atom stereocenters. The second-order valence-electron chi connectivity index (χ2n) is 3.27. The normalized spacial score (nSPS) is 11.2. The molecule has 0 fully saturated rings. The summed E-state index contributed by atoms with van der Waals surface area (Å²) >= 11 is 0. The highest BCUT2D eigenvalue weighted by Crippen LogP contribution is 2.20. The molecule has 0 atom stereocenters. The maximum Gasteiger partial charge on any atom is 0.221 e. The number of hydrogen-bond donors (Lipinski definition) is 3. The Hall–Kier alpha value is -1.43. The van der Waals surface area contributed by atoms with Gasteiger partial charge in [0.1, 0.15) is 6.54 Å². The summed E-state index contributed by atoms with van der Waals surface area (Å²) in [6, 6.07) is 6.33. The molecule has 5 heteroatoms. The van der Waals surface area contributed by atoms with E-state index in [2.05, 4.69) is 5.32 Å². The summed E-state index contributed by atoms with van der Waals surface area (Å²) in [6.07, 6.45) is 0. The Morgan fingerprint density at radius 3 is 2.27 bits per heavy atom. The van der Waals surface area contributed by atoms with Crippen LogP contribution in [0.1, 0.15) is 13.8 Å². The van der Waals surface area contributed by atoms with E-state index in [4.69, 9.17) is 0 Å². The third-order valence-electron chi connectivity index (χ3n) is 2.04. The Bertz CT molecular complexity index is 346. The van der Waals surface area contributed by atoms with Gasteiger partial charge in [-0.25, -0.2) is 0 Å². The summed E-state index contributed by atoms with van der Waals surface area (Å²) in [5.74, 6) is -0.160. The first-order chi connectivity index (χ1) is 6.95. The molecule has 82 valence electrons. The quantitative estimate of drug-likeness (QED) is 0.527. The number of nitrogens with one attached hydrogen (secondary N) is 1. The molecule has 0 aromatic heterocycles. The number of carbonyl (C=O) groups excluding carboxylic acids is 1. The van der Waals surface area contributed by atoms with Crippen molar-refractivity contribution in [1.82, 2.24) is 4.81 Å². The standard InChI is InChI=1S/C10H14N2O3/c1-3-12(14,15)10-6-4-9(5-7-10)11-8(2)13/h4-7,14-15H,3H2,1-2H3/p+1. The van der Waals surface area contributed by atoms with Gasteiger partial charge in [-0.05, 0) is 23.9 Å². The largest absolute Gasteiger partial charge is 0.326 e. The zero-order valence-corrected chi connectivity index (χ0v) is 8.77. The zero-order chi connectivity index (χ0) is 11.5. The van der Waals surface area contributed by atoms with Gasteiger partial charge in [-0.1, -0.05) is 0 Å². The van der Waals surface area contributed by atoms with Crippen molar-refractivity contribution in [2.45, 2.75) is 13.8 Å². The monoisotopic (exact) mass is 211 g/mol. The second kappa shape index (κ2) is 4.39. The minimum Gasteiger partial charge on any atom is -0.326 e. The fraction of sp³-hybridized carbons (Fsp3) is 0.300. The van der Waals surface area contributed by atoms with Gasteiger partial charge in [0.15, 0.2) is 5.69 Å². The molecule has 1 aromatic carbocycles. The number of quaternary nitrogens is 1. The van der Waals surface area contributed by atoms with Crippen LogP contribution in [-0.4, -0.2) is 22.9 Å². The van der Waals surface area contributed by atoms with E-state index < -0.39 is 4.81 Å². The van der Waals surface area contributed by atoms with E-state index >= 15 is 0 Å². The number of carbonyl (C=O) groups is 1. The van der Waals surface area contributed by atoms with Gasteiger partial charge in [0.2, 0.25) is 5.91 Å². The lowest BCUT2D eigenvalue weighted by molar-refractivity contribution is -0.287. The topological polar surface area (TPSA) is 69.6 Å². The summed E-state index contributed by atoms with van der Waals surface area (Å²) < 4.78 is 0. The predicted molar refractivity (Wildman–Crippen MR) is 56.7 cm³/mol. The van der Waals surface area contributed by atoms with Crippen molar-refractivity contribution in [3.05, 3.63) is 24.3 Å². The van der Waals surface area contributed by atoms with Crippen LogP contribution in [-0.2, 0) is 4.79 Å². The molecule has 0 aliphatic rings. The van der Waals surface area contributed by atoms with Gasteiger partial charge >= 0.3 is 0 Å². The Morgan fingerprint density at radius 1 is 1.33 bits per heavy atom. The molecule has 0 saturated carbocycles. The van der Waals surface area contributed by atoms with Crippen LogP contribution in [0.5, 0.6) is 0 Å². The van der Waals surface area contributed by atoms with E-state index in [1.54, 1.807) is 31.2 Å². The van der Waals surface area contributed by atoms with Crippen LogP contribution in [0.2, 0.25) is 0 Å². The highest BCUT2D eigenvalue weighted by atomic mass is 16.8. The van der Waals surface area contributed by atoms with Gasteiger partial charge < -0.3 is 5.32 Å². The maximum absolute atomic E-state index is 10.7. The molecule has 1 rings (SSSR count). The number of hydroxylamine groups is 2. The summed E-state index contributed by atoms with van der Waals surface area (Å²) in [5.41, 5.74) is 0.981. The molecule has 15 heavy (non-hydrogen) atoms. The number of rotatable bonds is 3. The number of anilines is 1. The zero-order valence-electron chi connectivity index (χ0n) is 8.77. The van der Waals surface area contributed by atoms with Gasteiger partial charge in [0, 0.05) is 24.7 Å². The SMILES string of the molecule is CC[N+](O)(O)c1ccc(NC(C)=O)cc1. The Morgan fingerprint density at radius 2 is 1.87 bits per heavy atom. The molecular formula is C10H15N2O3+. The average molecular weight is 211 g/mol. The van der Waals surface area contributed by atoms with Crippen LogP contribution in [0.4, 0.5) is 11.4 Å². The third kappa shape index (κ3) is 3.02. The van der Waals surface area contributed by atoms with E-state index in [1.807, 2.05) is 0 Å². The van der Waals surface area contributed by atoms with Gasteiger partial charge in [0.25, 0.3) is 0 Å². The molecule has 0 spiro atoms. The summed E-state index contributed by atoms with van der Waals surface area (Å²) in [4.78, 5) is 9.58. The highest BCUT2D eigenvalue weighted by molar-refractivity contribution is 5.88. The van der Waals surface area contributed by atoms with E-state index in [0.29, 0.717) is 11.4 Å². The van der Waals surface area contributed by atoms with Crippen molar-refractivity contribution in [1.29, 1.82) is 0 Å². The first kappa shape index (κ1) is 11.6. The van der Waals surface area contributed by atoms with Gasteiger partial charge in [0.05, 0.1) is 0 Å². The van der Waals surface area contributed by atoms with Crippen LogP contribution in [0.3, 0.4) is 0 Å². The van der Waals surface area contributed by atoms with E-state index in [0.717, 1.165) is 0 Å². The molecule has 0 aliphatic carbocycles. The molecule has 1 aromatic rings. The van der Waals surface area contributed by atoms with Crippen LogP contribution in [0.15, 0.2) is 24.3 Å². The average Bonchev–Trinajstić information content (AvgIpc) is 2.18. The summed E-state index contributed by atoms with van der Waals surface area (Å²) in [5, 5.41) is 21.5. The van der Waals surface area contributed by atoms with Crippen molar-refractivity contribution >= 4 is 17.3 Å². The van der Waals surface area contributed by atoms with Crippen LogP contribution in [0, 0.1) is 0 Å². The van der Waals surface area contributed by atoms with Crippen LogP contribution >= 0.6 is 0 Å². The second-order valence-corrected chi connectivity index (χ2v) is 3.27. The minimum atomic E-state index is -1.15. The van der Waals surface area contributed by atoms with Crippen LogP contribution < -0.4 is 10.1 Å². The highest BCUT2D eigenvalue weighted by Gasteiger charge is 2.23. The lowest BCUT2D eigenvalue weighted by atomic mass is 10.2. The van der Waals surface area contributed by atoms with Crippen molar-refractivity contribution in [2.24, 2.45) is 0 Å². The van der Waals surface area contributed by atoms with E-state index in [1.165, 1.54) is 6.92 Å².